The average molecular weight is 505 g/mol. The van der Waals surface area contributed by atoms with Crippen LogP contribution in [0, 0.1) is 11.8 Å². The topological polar surface area (TPSA) is 112 Å². The van der Waals surface area contributed by atoms with Crippen molar-refractivity contribution in [3.05, 3.63) is 29.5 Å². The third kappa shape index (κ3) is 8.00. The van der Waals surface area contributed by atoms with E-state index in [1.165, 1.54) is 19.1 Å². The van der Waals surface area contributed by atoms with Gasteiger partial charge in [0.05, 0.1) is 40.3 Å². The summed E-state index contributed by atoms with van der Waals surface area (Å²) in [6, 6.07) is 4.46. The quantitative estimate of drug-likeness (QED) is 0.228. The number of amides is 3. The van der Waals surface area contributed by atoms with E-state index in [0.717, 1.165) is 4.90 Å². The molecule has 0 spiro atoms. The zero-order valence-corrected chi connectivity index (χ0v) is 21.9. The third-order valence-electron chi connectivity index (χ3n) is 5.16. The summed E-state index contributed by atoms with van der Waals surface area (Å²) in [7, 11) is 3.01. The number of urea groups is 1. The van der Waals surface area contributed by atoms with Crippen LogP contribution >= 0.6 is 0 Å². The highest BCUT2D eigenvalue weighted by Crippen LogP contribution is 2.30. The molecular formula is C26H36N2O8. The highest BCUT2D eigenvalue weighted by atomic mass is 16.5. The third-order valence-corrected chi connectivity index (χ3v) is 5.16. The van der Waals surface area contributed by atoms with Crippen molar-refractivity contribution in [2.45, 2.75) is 40.5 Å². The summed E-state index contributed by atoms with van der Waals surface area (Å²) in [6.07, 6.45) is 1.33. The molecule has 0 saturated carbocycles. The van der Waals surface area contributed by atoms with Crippen molar-refractivity contribution in [3.8, 4) is 11.5 Å². The average Bonchev–Trinajstić information content (AvgIpc) is 3.06. The first-order valence-electron chi connectivity index (χ1n) is 12.0. The Hall–Kier alpha value is -3.56. The predicted octanol–water partition coefficient (Wildman–Crippen LogP) is 3.49. The van der Waals surface area contributed by atoms with Gasteiger partial charge < -0.3 is 18.9 Å². The fraction of sp³-hybridized carbons (Fsp3) is 0.538. The molecule has 1 aromatic rings. The molecule has 0 unspecified atom stereocenters. The van der Waals surface area contributed by atoms with Gasteiger partial charge in [-0.1, -0.05) is 33.8 Å². The molecule has 1 fully saturated rings. The molecular weight excluding hydrogens is 468 g/mol. The van der Waals surface area contributed by atoms with Crippen molar-refractivity contribution >= 4 is 30.0 Å². The van der Waals surface area contributed by atoms with Crippen molar-refractivity contribution in [1.29, 1.82) is 0 Å². The van der Waals surface area contributed by atoms with Crippen molar-refractivity contribution < 1.29 is 38.1 Å². The van der Waals surface area contributed by atoms with Crippen molar-refractivity contribution in [1.82, 2.24) is 9.80 Å². The Balaban J connectivity index is 2.26. The minimum absolute atomic E-state index is 0.0467. The molecule has 0 bridgehead atoms. The van der Waals surface area contributed by atoms with E-state index in [9.17, 15) is 19.2 Å². The Labute approximate surface area is 212 Å². The predicted molar refractivity (Wildman–Crippen MR) is 132 cm³/mol. The van der Waals surface area contributed by atoms with Gasteiger partial charge in [-0.2, -0.15) is 0 Å². The van der Waals surface area contributed by atoms with Gasteiger partial charge in [0, 0.05) is 13.1 Å². The van der Waals surface area contributed by atoms with Crippen LogP contribution in [0.3, 0.4) is 0 Å². The number of esters is 2. The van der Waals surface area contributed by atoms with Gasteiger partial charge in [0.25, 0.3) is 5.91 Å². The highest BCUT2D eigenvalue weighted by molar-refractivity contribution is 6.14. The maximum Gasteiger partial charge on any atom is 0.331 e. The number of ether oxygens (including phenoxy) is 4. The Morgan fingerprint density at radius 3 is 1.86 bits per heavy atom. The molecule has 10 nitrogen and oxygen atoms in total. The molecule has 0 N–H and O–H groups in total. The van der Waals surface area contributed by atoms with Gasteiger partial charge in [-0.05, 0) is 35.6 Å². The Kier molecular flexibility index (Phi) is 10.8. The Morgan fingerprint density at radius 2 is 1.36 bits per heavy atom. The fourth-order valence-corrected chi connectivity index (χ4v) is 3.31. The smallest absolute Gasteiger partial charge is 0.331 e. The van der Waals surface area contributed by atoms with Crippen LogP contribution in [-0.2, 0) is 23.9 Å². The van der Waals surface area contributed by atoms with E-state index >= 15 is 0 Å². The largest absolute Gasteiger partial charge is 0.493 e. The maximum absolute atomic E-state index is 13.2. The standard InChI is InChI=1S/C26H36N2O8/c1-17(2)15-35-23(29)9-11-27-20(13-19-7-8-21(33-5)22(14-19)34-6)25(31)28(26(27)32)12-10-24(30)36-16-18(3)4/h7-8,13-14,17-18H,9-12,15-16H2,1-6H3/b20-13+. The van der Waals surface area contributed by atoms with Crippen LogP contribution < -0.4 is 9.47 Å². The number of methoxy groups -OCH3 is 2. The summed E-state index contributed by atoms with van der Waals surface area (Å²) in [5.41, 5.74) is 0.675. The highest BCUT2D eigenvalue weighted by Gasteiger charge is 2.41. The number of imide groups is 1. The molecule has 0 radical (unpaired) electrons. The van der Waals surface area contributed by atoms with Gasteiger partial charge in [-0.3, -0.25) is 24.2 Å². The summed E-state index contributed by atoms with van der Waals surface area (Å²) in [6.45, 7) is 8.02. The summed E-state index contributed by atoms with van der Waals surface area (Å²) in [4.78, 5) is 52.8. The Morgan fingerprint density at radius 1 is 0.833 bits per heavy atom. The lowest BCUT2D eigenvalue weighted by Gasteiger charge is -2.17. The minimum atomic E-state index is -0.611. The van der Waals surface area contributed by atoms with E-state index in [2.05, 4.69) is 0 Å². The molecule has 1 aromatic carbocycles. The molecule has 1 aliphatic heterocycles. The lowest BCUT2D eigenvalue weighted by molar-refractivity contribution is -0.145. The van der Waals surface area contributed by atoms with Gasteiger partial charge in [0.1, 0.15) is 5.70 Å². The van der Waals surface area contributed by atoms with Crippen molar-refractivity contribution in [2.75, 3.05) is 40.5 Å². The van der Waals surface area contributed by atoms with E-state index < -0.39 is 23.9 Å². The molecule has 1 aliphatic rings. The lowest BCUT2D eigenvalue weighted by atomic mass is 10.1. The summed E-state index contributed by atoms with van der Waals surface area (Å²) >= 11 is 0. The Bertz CT molecular complexity index is 986. The van der Waals surface area contributed by atoms with Crippen LogP contribution in [0.1, 0.15) is 46.1 Å². The number of hydrogen-bond acceptors (Lipinski definition) is 8. The van der Waals surface area contributed by atoms with Crippen LogP contribution in [0.4, 0.5) is 4.79 Å². The molecule has 198 valence electrons. The SMILES string of the molecule is COc1ccc(/C=C2\C(=O)N(CCC(=O)OCC(C)C)C(=O)N2CCC(=O)OCC(C)C)cc1OC. The molecule has 1 heterocycles. The van der Waals surface area contributed by atoms with Crippen LogP contribution in [0.5, 0.6) is 11.5 Å². The number of carbonyl (C=O) groups excluding carboxylic acids is 4. The normalized spacial score (nSPS) is 14.7. The zero-order chi connectivity index (χ0) is 26.8. The minimum Gasteiger partial charge on any atom is -0.493 e. The molecule has 10 heteroatoms. The van der Waals surface area contributed by atoms with Gasteiger partial charge >= 0.3 is 18.0 Å². The molecule has 0 atom stereocenters. The number of rotatable bonds is 13. The van der Waals surface area contributed by atoms with Gasteiger partial charge in [0.2, 0.25) is 0 Å². The van der Waals surface area contributed by atoms with Crippen molar-refractivity contribution in [2.24, 2.45) is 11.8 Å². The van der Waals surface area contributed by atoms with Crippen LogP contribution in [0.15, 0.2) is 23.9 Å². The van der Waals surface area contributed by atoms with E-state index in [1.54, 1.807) is 24.3 Å². The van der Waals surface area contributed by atoms with Crippen LogP contribution in [0.2, 0.25) is 0 Å². The number of nitrogens with zero attached hydrogens (tertiary/aromatic N) is 2. The lowest BCUT2D eigenvalue weighted by Crippen LogP contribution is -2.35. The monoisotopic (exact) mass is 504 g/mol. The van der Waals surface area contributed by atoms with E-state index in [0.29, 0.717) is 17.1 Å². The summed E-state index contributed by atoms with van der Waals surface area (Å²) < 4.78 is 20.9. The number of carbonyl (C=O) groups is 4. The second-order valence-electron chi connectivity index (χ2n) is 9.19. The van der Waals surface area contributed by atoms with E-state index in [4.69, 9.17) is 18.9 Å². The maximum atomic E-state index is 13.2. The summed E-state index contributed by atoms with van der Waals surface area (Å²) in [5.74, 6) is -0.212. The van der Waals surface area contributed by atoms with Crippen LogP contribution in [0.25, 0.3) is 6.08 Å². The van der Waals surface area contributed by atoms with Gasteiger partial charge in [-0.25, -0.2) is 4.79 Å². The van der Waals surface area contributed by atoms with Crippen LogP contribution in [-0.4, -0.2) is 74.2 Å². The fourth-order valence-electron chi connectivity index (χ4n) is 3.31. The van der Waals surface area contributed by atoms with Gasteiger partial charge in [-0.15, -0.1) is 0 Å². The second-order valence-corrected chi connectivity index (χ2v) is 9.19. The molecule has 0 aliphatic carbocycles. The molecule has 1 saturated heterocycles. The molecule has 3 amide bonds. The molecule has 0 aromatic heterocycles. The second kappa shape index (κ2) is 13.5. The van der Waals surface area contributed by atoms with E-state index in [-0.39, 0.29) is 56.7 Å². The first-order valence-corrected chi connectivity index (χ1v) is 12.0. The summed E-state index contributed by atoms with van der Waals surface area (Å²) in [5, 5.41) is 0. The first kappa shape index (κ1) is 28.7. The van der Waals surface area contributed by atoms with Crippen molar-refractivity contribution in [3.63, 3.8) is 0 Å². The number of hydrogen-bond donors (Lipinski definition) is 0. The first-order chi connectivity index (χ1) is 17.1. The number of benzene rings is 1. The molecule has 36 heavy (non-hydrogen) atoms. The molecule has 2 rings (SSSR count). The van der Waals surface area contributed by atoms with Gasteiger partial charge in [0.15, 0.2) is 11.5 Å². The zero-order valence-electron chi connectivity index (χ0n) is 21.9. The van der Waals surface area contributed by atoms with E-state index in [1.807, 2.05) is 27.7 Å².